The van der Waals surface area contributed by atoms with Gasteiger partial charge in [-0.15, -0.1) is 5.38 Å². The van der Waals surface area contributed by atoms with Crippen molar-refractivity contribution in [1.82, 2.24) is 4.98 Å². The maximum Gasteiger partial charge on any atom is 0.155 e. The van der Waals surface area contributed by atoms with Crippen molar-refractivity contribution >= 4 is 40.2 Å². The molecular weight excluding hydrogens is 511 g/mol. The molecule has 0 spiro atoms. The van der Waals surface area contributed by atoms with E-state index < -0.39 is 0 Å². The van der Waals surface area contributed by atoms with Crippen molar-refractivity contribution < 1.29 is 30.0 Å². The summed E-state index contributed by atoms with van der Waals surface area (Å²) in [6, 6.07) is 13.6. The first-order chi connectivity index (χ1) is 11.5. The molecule has 2 aromatic heterocycles. The third kappa shape index (κ3) is 4.51. The second-order valence-electron chi connectivity index (χ2n) is 5.46. The second-order valence-corrected chi connectivity index (χ2v) is 6.38. The molecule has 0 saturated heterocycles. The molecule has 1 aliphatic rings. The first kappa shape index (κ1) is 19.3. The van der Waals surface area contributed by atoms with E-state index in [2.05, 4.69) is 42.5 Å². The van der Waals surface area contributed by atoms with E-state index in [9.17, 15) is 4.79 Å². The molecule has 0 bridgehead atoms. The molecule has 3 nitrogen and oxygen atoms in total. The second kappa shape index (κ2) is 8.34. The molecule has 2 heterocycles. The van der Waals surface area contributed by atoms with Gasteiger partial charge in [-0.05, 0) is 36.7 Å². The number of aliphatic hydroxyl groups is 1. The number of hydrogen-bond acceptors (Lipinski definition) is 4. The third-order valence-electron chi connectivity index (χ3n) is 3.45. The van der Waals surface area contributed by atoms with Crippen molar-refractivity contribution in [3.05, 3.63) is 64.7 Å². The van der Waals surface area contributed by atoms with Crippen LogP contribution in [0.2, 0.25) is 0 Å². The van der Waals surface area contributed by atoms with Crippen molar-refractivity contribution in [2.75, 3.05) is 0 Å². The van der Waals surface area contributed by atoms with Gasteiger partial charge in [-0.3, -0.25) is 4.79 Å². The number of nitrogens with zero attached hydrogens (tertiary/aromatic N) is 1. The van der Waals surface area contributed by atoms with Crippen molar-refractivity contribution in [3.63, 3.8) is 0 Å². The van der Waals surface area contributed by atoms with Crippen molar-refractivity contribution in [1.29, 1.82) is 0 Å². The summed E-state index contributed by atoms with van der Waals surface area (Å²) in [5, 5.41) is 11.7. The predicted molar refractivity (Wildman–Crippen MR) is 99.9 cm³/mol. The number of aliphatic hydroxyl groups excluding tert-OH is 1. The molecule has 1 aromatic carbocycles. The molecule has 0 unspecified atom stereocenters. The van der Waals surface area contributed by atoms with Crippen LogP contribution in [0.15, 0.2) is 47.5 Å². The Morgan fingerprint density at radius 2 is 2.00 bits per heavy atom. The van der Waals surface area contributed by atoms with Gasteiger partial charge in [-0.25, -0.2) is 11.3 Å². The number of ketones is 1. The smallest absolute Gasteiger partial charge is 0.155 e. The zero-order chi connectivity index (χ0) is 17.1. The zero-order valence-electron chi connectivity index (χ0n) is 13.7. The number of rotatable bonds is 2. The molecule has 1 aliphatic carbocycles. The first-order valence-electron chi connectivity index (χ1n) is 7.50. The zero-order valence-corrected chi connectivity index (χ0v) is 17.0. The number of thiophene rings is 1. The Bertz CT molecular complexity index is 955. The van der Waals surface area contributed by atoms with Crippen LogP contribution in [-0.4, -0.2) is 15.9 Å². The van der Waals surface area contributed by atoms with E-state index in [1.807, 2.05) is 11.4 Å². The van der Waals surface area contributed by atoms with Gasteiger partial charge in [0.25, 0.3) is 0 Å². The minimum atomic E-state index is -0.125. The summed E-state index contributed by atoms with van der Waals surface area (Å²) in [7, 11) is 0. The number of pyridine rings is 1. The number of carbonyl (C=O) groups excluding carboxylic acids is 1. The molecule has 0 saturated carbocycles. The molecule has 5 heteroatoms. The van der Waals surface area contributed by atoms with Crippen LogP contribution in [-0.2, 0) is 24.9 Å². The van der Waals surface area contributed by atoms with Crippen LogP contribution in [0, 0.1) is 6.07 Å². The minimum Gasteiger partial charge on any atom is -0.512 e. The van der Waals surface area contributed by atoms with Crippen LogP contribution in [0.1, 0.15) is 25.0 Å². The molecule has 129 valence electrons. The molecule has 25 heavy (non-hydrogen) atoms. The molecule has 0 fully saturated rings. The number of aromatic nitrogens is 1. The Morgan fingerprint density at radius 3 is 2.60 bits per heavy atom. The number of benzene rings is 1. The molecule has 1 N–H and O–H groups in total. The van der Waals surface area contributed by atoms with E-state index in [1.165, 1.54) is 36.4 Å². The van der Waals surface area contributed by atoms with Gasteiger partial charge in [0.05, 0.1) is 11.3 Å². The van der Waals surface area contributed by atoms with E-state index >= 15 is 0 Å². The molecule has 0 aliphatic heterocycles. The fourth-order valence-corrected chi connectivity index (χ4v) is 3.22. The van der Waals surface area contributed by atoms with Crippen LogP contribution in [0.4, 0.5) is 0 Å². The Labute approximate surface area is 164 Å². The number of hydrogen-bond donors (Lipinski definition) is 1. The molecule has 4 rings (SSSR count). The molecule has 1 radical (unpaired) electrons. The van der Waals surface area contributed by atoms with E-state index in [1.54, 1.807) is 11.3 Å². The summed E-state index contributed by atoms with van der Waals surface area (Å²) in [6.07, 6.45) is 5.48. The Balaban J connectivity index is 0.000000246. The topological polar surface area (TPSA) is 50.2 Å². The first-order valence-corrected chi connectivity index (χ1v) is 8.38. The molecule has 0 atom stereocenters. The SMILES string of the molecule is CC(=O)/C=C(/C)O.[Ir].[c-]1ccsc1-c1cc2c3c(cccc3n1)C=C2. The summed E-state index contributed by atoms with van der Waals surface area (Å²) in [6.45, 7) is 2.85. The van der Waals surface area contributed by atoms with Gasteiger partial charge in [-0.2, -0.15) is 12.1 Å². The Kier molecular flexibility index (Phi) is 6.43. The van der Waals surface area contributed by atoms with Gasteiger partial charge >= 0.3 is 0 Å². The summed E-state index contributed by atoms with van der Waals surface area (Å²) < 4.78 is 0. The average Bonchev–Trinajstić information content (AvgIpc) is 3.17. The van der Waals surface area contributed by atoms with Crippen molar-refractivity contribution in [2.24, 2.45) is 0 Å². The maximum atomic E-state index is 10.0. The Hall–Kier alpha value is -2.07. The Morgan fingerprint density at radius 1 is 1.24 bits per heavy atom. The van der Waals surface area contributed by atoms with Crippen LogP contribution >= 0.6 is 11.3 Å². The maximum absolute atomic E-state index is 10.0. The fourth-order valence-electron chi connectivity index (χ4n) is 2.59. The fraction of sp³-hybridized carbons (Fsp3) is 0.100. The number of allylic oxidation sites excluding steroid dienone is 2. The van der Waals surface area contributed by atoms with E-state index in [-0.39, 0.29) is 31.6 Å². The van der Waals surface area contributed by atoms with Crippen LogP contribution in [0.3, 0.4) is 0 Å². The standard InChI is InChI=1S/C15H8NS.C5H8O2.Ir/c1-3-10-6-7-11-9-13(14-5-2-8-17-14)16-12(4-1)15(10)11;1-4(6)3-5(2)7;/h1-4,6-9H;3,6H,1-2H3;/q-1;;/b;4-3-;. The van der Waals surface area contributed by atoms with Gasteiger partial charge < -0.3 is 10.1 Å². The van der Waals surface area contributed by atoms with E-state index in [0.717, 1.165) is 16.1 Å². The quantitative estimate of drug-likeness (QED) is 0.220. The van der Waals surface area contributed by atoms with Gasteiger partial charge in [0, 0.05) is 31.6 Å². The van der Waals surface area contributed by atoms with Gasteiger partial charge in [0.1, 0.15) is 0 Å². The van der Waals surface area contributed by atoms with Gasteiger partial charge in [0.15, 0.2) is 5.78 Å². The average molecular weight is 527 g/mol. The van der Waals surface area contributed by atoms with Gasteiger partial charge in [-0.1, -0.05) is 35.2 Å². The van der Waals surface area contributed by atoms with Crippen molar-refractivity contribution in [3.8, 4) is 10.6 Å². The molecule has 0 amide bonds. The van der Waals surface area contributed by atoms with Crippen LogP contribution in [0.25, 0.3) is 33.6 Å². The largest absolute Gasteiger partial charge is 0.512 e. The predicted octanol–water partition coefficient (Wildman–Crippen LogP) is 5.28. The normalized spacial score (nSPS) is 11.7. The van der Waals surface area contributed by atoms with E-state index in [4.69, 9.17) is 10.1 Å². The van der Waals surface area contributed by atoms with Crippen LogP contribution < -0.4 is 0 Å². The molecular formula is C20H16IrNO2S-. The minimum absolute atomic E-state index is 0. The summed E-state index contributed by atoms with van der Waals surface area (Å²) in [5.41, 5.74) is 4.63. The van der Waals surface area contributed by atoms with E-state index in [0.29, 0.717) is 0 Å². The number of carbonyl (C=O) groups is 1. The summed E-state index contributed by atoms with van der Waals surface area (Å²) in [4.78, 5) is 15.8. The summed E-state index contributed by atoms with van der Waals surface area (Å²) in [5.74, 6) is -0.0625. The monoisotopic (exact) mass is 527 g/mol. The summed E-state index contributed by atoms with van der Waals surface area (Å²) >= 11 is 1.68. The van der Waals surface area contributed by atoms with Crippen LogP contribution in [0.5, 0.6) is 0 Å². The van der Waals surface area contributed by atoms with Gasteiger partial charge in [0.2, 0.25) is 0 Å². The molecule has 3 aromatic rings. The third-order valence-corrected chi connectivity index (χ3v) is 4.29. The van der Waals surface area contributed by atoms with Crippen molar-refractivity contribution in [2.45, 2.75) is 13.8 Å².